The molecular formula is C7H10N2S. The molecule has 0 bridgehead atoms. The van der Waals surface area contributed by atoms with Gasteiger partial charge in [-0.05, 0) is 6.92 Å². The fourth-order valence-corrected chi connectivity index (χ4v) is 1.58. The Labute approximate surface area is 64.1 Å². The van der Waals surface area contributed by atoms with Crippen molar-refractivity contribution in [2.75, 3.05) is 0 Å². The number of thiazole rings is 1. The molecule has 0 aliphatic carbocycles. The summed E-state index contributed by atoms with van der Waals surface area (Å²) in [7, 11) is 0. The Morgan fingerprint density at radius 1 is 1.60 bits per heavy atom. The normalized spacial score (nSPS) is 9.70. The van der Waals surface area contributed by atoms with E-state index in [0.717, 1.165) is 4.96 Å². The first kappa shape index (κ1) is 7.28. The Morgan fingerprint density at radius 3 is 3.10 bits per heavy atom. The van der Waals surface area contributed by atoms with Crippen LogP contribution < -0.4 is 0 Å². The number of aryl methyl sites for hydroxylation is 1. The average Bonchev–Trinajstić information content (AvgIpc) is 2.35. The highest BCUT2D eigenvalue weighted by molar-refractivity contribution is 7.15. The van der Waals surface area contributed by atoms with Gasteiger partial charge in [0.15, 0.2) is 4.96 Å². The molecule has 2 aromatic rings. The molecule has 10 heavy (non-hydrogen) atoms. The highest BCUT2D eigenvalue weighted by Gasteiger charge is 1.95. The van der Waals surface area contributed by atoms with Crippen molar-refractivity contribution in [3.05, 3.63) is 23.5 Å². The second-order valence-electron chi connectivity index (χ2n) is 1.96. The number of fused-ring (bicyclic) bond motifs is 1. The van der Waals surface area contributed by atoms with Crippen molar-refractivity contribution in [2.45, 2.75) is 14.4 Å². The van der Waals surface area contributed by atoms with E-state index in [1.165, 1.54) is 5.69 Å². The standard InChI is InChI=1S/C6H6N2S.CH4/c1-5-4-7-6-8(5)2-3-9-6;/h2-4H,1H3;1H4. The molecule has 2 rings (SSSR count). The van der Waals surface area contributed by atoms with Crippen molar-refractivity contribution in [3.63, 3.8) is 0 Å². The molecule has 2 heterocycles. The van der Waals surface area contributed by atoms with Gasteiger partial charge in [0.25, 0.3) is 0 Å². The van der Waals surface area contributed by atoms with E-state index in [-0.39, 0.29) is 7.43 Å². The highest BCUT2D eigenvalue weighted by Crippen LogP contribution is 2.10. The lowest BCUT2D eigenvalue weighted by Crippen LogP contribution is -1.76. The van der Waals surface area contributed by atoms with Gasteiger partial charge >= 0.3 is 0 Å². The highest BCUT2D eigenvalue weighted by atomic mass is 32.1. The van der Waals surface area contributed by atoms with E-state index in [0.29, 0.717) is 0 Å². The van der Waals surface area contributed by atoms with Crippen LogP contribution in [0.4, 0.5) is 0 Å². The largest absolute Gasteiger partial charge is 0.295 e. The van der Waals surface area contributed by atoms with Crippen LogP contribution in [0.3, 0.4) is 0 Å². The van der Waals surface area contributed by atoms with Crippen molar-refractivity contribution in [2.24, 2.45) is 0 Å². The number of rotatable bonds is 0. The zero-order valence-corrected chi connectivity index (χ0v) is 5.85. The third kappa shape index (κ3) is 0.827. The van der Waals surface area contributed by atoms with Crippen LogP contribution in [0.1, 0.15) is 13.1 Å². The summed E-state index contributed by atoms with van der Waals surface area (Å²) in [4.78, 5) is 5.24. The number of nitrogens with zero attached hydrogens (tertiary/aromatic N) is 2. The third-order valence-electron chi connectivity index (χ3n) is 1.33. The first-order valence-electron chi connectivity index (χ1n) is 2.75. The maximum atomic E-state index is 4.16. The van der Waals surface area contributed by atoms with Crippen molar-refractivity contribution >= 4 is 16.3 Å². The second kappa shape index (κ2) is 2.42. The summed E-state index contributed by atoms with van der Waals surface area (Å²) in [5, 5.41) is 2.04. The molecule has 2 nitrogen and oxygen atoms in total. The molecule has 0 N–H and O–H groups in total. The molecule has 0 amide bonds. The molecule has 0 aliphatic rings. The van der Waals surface area contributed by atoms with Crippen molar-refractivity contribution in [3.8, 4) is 0 Å². The lowest BCUT2D eigenvalue weighted by atomic mass is 10.6. The smallest absolute Gasteiger partial charge is 0.193 e. The zero-order valence-electron chi connectivity index (χ0n) is 5.03. The SMILES string of the molecule is C.Cc1cnc2sccn12. The lowest BCUT2D eigenvalue weighted by Gasteiger charge is -1.81. The Bertz CT molecular complexity index is 321. The summed E-state index contributed by atoms with van der Waals surface area (Å²) in [5.41, 5.74) is 1.20. The molecule has 0 fully saturated rings. The van der Waals surface area contributed by atoms with E-state index in [1.54, 1.807) is 11.3 Å². The molecule has 2 aromatic heterocycles. The molecule has 3 heteroatoms. The molecular weight excluding hydrogens is 144 g/mol. The van der Waals surface area contributed by atoms with Gasteiger partial charge in [-0.25, -0.2) is 4.98 Å². The van der Waals surface area contributed by atoms with Crippen LogP contribution >= 0.6 is 11.3 Å². The van der Waals surface area contributed by atoms with Crippen molar-refractivity contribution in [1.82, 2.24) is 9.38 Å². The van der Waals surface area contributed by atoms with Crippen LogP contribution in [-0.2, 0) is 0 Å². The molecule has 0 aromatic carbocycles. The number of imidazole rings is 1. The molecule has 0 saturated heterocycles. The van der Waals surface area contributed by atoms with Crippen LogP contribution in [0.25, 0.3) is 4.96 Å². The van der Waals surface area contributed by atoms with Gasteiger partial charge in [-0.3, -0.25) is 4.40 Å². The predicted octanol–water partition coefficient (Wildman–Crippen LogP) is 2.34. The maximum Gasteiger partial charge on any atom is 0.193 e. The van der Waals surface area contributed by atoms with Gasteiger partial charge in [-0.15, -0.1) is 11.3 Å². The summed E-state index contributed by atoms with van der Waals surface area (Å²) in [6.45, 7) is 2.05. The Hall–Kier alpha value is -0.830. The number of hydrogen-bond donors (Lipinski definition) is 0. The minimum atomic E-state index is 0. The zero-order chi connectivity index (χ0) is 6.27. The number of hydrogen-bond acceptors (Lipinski definition) is 2. The van der Waals surface area contributed by atoms with Crippen LogP contribution in [-0.4, -0.2) is 9.38 Å². The molecule has 0 saturated carbocycles. The van der Waals surface area contributed by atoms with E-state index in [9.17, 15) is 0 Å². The van der Waals surface area contributed by atoms with Gasteiger partial charge in [0.05, 0.1) is 0 Å². The molecule has 0 atom stereocenters. The second-order valence-corrected chi connectivity index (χ2v) is 2.83. The molecule has 54 valence electrons. The Morgan fingerprint density at radius 2 is 2.40 bits per heavy atom. The van der Waals surface area contributed by atoms with Crippen molar-refractivity contribution < 1.29 is 0 Å². The lowest BCUT2D eigenvalue weighted by molar-refractivity contribution is 1.14. The van der Waals surface area contributed by atoms with Crippen LogP contribution in [0.15, 0.2) is 17.8 Å². The Balaban J connectivity index is 0.000000500. The van der Waals surface area contributed by atoms with E-state index in [1.807, 2.05) is 24.7 Å². The third-order valence-corrected chi connectivity index (χ3v) is 2.10. The van der Waals surface area contributed by atoms with Gasteiger partial charge in [-0.2, -0.15) is 0 Å². The van der Waals surface area contributed by atoms with E-state index < -0.39 is 0 Å². The van der Waals surface area contributed by atoms with Crippen LogP contribution in [0.5, 0.6) is 0 Å². The van der Waals surface area contributed by atoms with E-state index in [2.05, 4.69) is 9.38 Å². The molecule has 0 radical (unpaired) electrons. The molecule has 0 spiro atoms. The van der Waals surface area contributed by atoms with E-state index in [4.69, 9.17) is 0 Å². The summed E-state index contributed by atoms with van der Waals surface area (Å²) >= 11 is 1.66. The average molecular weight is 154 g/mol. The van der Waals surface area contributed by atoms with Gasteiger partial charge < -0.3 is 0 Å². The van der Waals surface area contributed by atoms with Gasteiger partial charge in [0.2, 0.25) is 0 Å². The molecule has 0 unspecified atom stereocenters. The van der Waals surface area contributed by atoms with Gasteiger partial charge in [-0.1, -0.05) is 7.43 Å². The fourth-order valence-electron chi connectivity index (χ4n) is 0.845. The quantitative estimate of drug-likeness (QED) is 0.569. The summed E-state index contributed by atoms with van der Waals surface area (Å²) < 4.78 is 2.07. The van der Waals surface area contributed by atoms with Crippen LogP contribution in [0, 0.1) is 6.92 Å². The minimum Gasteiger partial charge on any atom is -0.295 e. The Kier molecular flexibility index (Phi) is 1.76. The van der Waals surface area contributed by atoms with E-state index >= 15 is 0 Å². The number of aromatic nitrogens is 2. The maximum absolute atomic E-state index is 4.16. The summed E-state index contributed by atoms with van der Waals surface area (Å²) in [6.07, 6.45) is 3.91. The van der Waals surface area contributed by atoms with Gasteiger partial charge in [0.1, 0.15) is 0 Å². The topological polar surface area (TPSA) is 17.3 Å². The van der Waals surface area contributed by atoms with Crippen LogP contribution in [0.2, 0.25) is 0 Å². The minimum absolute atomic E-state index is 0. The monoisotopic (exact) mass is 154 g/mol. The fraction of sp³-hybridized carbons (Fsp3) is 0.286. The van der Waals surface area contributed by atoms with Gasteiger partial charge in [0, 0.05) is 23.5 Å². The predicted molar refractivity (Wildman–Crippen MR) is 44.5 cm³/mol. The first-order chi connectivity index (χ1) is 4.38. The summed E-state index contributed by atoms with van der Waals surface area (Å²) in [5.74, 6) is 0. The first-order valence-corrected chi connectivity index (χ1v) is 3.63. The summed E-state index contributed by atoms with van der Waals surface area (Å²) in [6, 6.07) is 0. The van der Waals surface area contributed by atoms with Crippen molar-refractivity contribution in [1.29, 1.82) is 0 Å². The molecule has 0 aliphatic heterocycles.